The summed E-state index contributed by atoms with van der Waals surface area (Å²) in [6, 6.07) is 3.31. The van der Waals surface area contributed by atoms with Gasteiger partial charge in [-0.05, 0) is 31.7 Å². The molecule has 1 fully saturated rings. The third kappa shape index (κ3) is 2.37. The molecule has 0 unspecified atom stereocenters. The molecule has 14 heavy (non-hydrogen) atoms. The van der Waals surface area contributed by atoms with Crippen molar-refractivity contribution in [2.45, 2.75) is 38.2 Å². The lowest BCUT2D eigenvalue weighted by molar-refractivity contribution is 0.148. The topological polar surface area (TPSA) is 42.4 Å². The Labute approximate surface area is 83.7 Å². The molecule has 1 N–H and O–H groups in total. The van der Waals surface area contributed by atoms with E-state index in [4.69, 9.17) is 9.84 Å². The number of ether oxygens (including phenoxy) is 1. The van der Waals surface area contributed by atoms with Crippen molar-refractivity contribution in [3.63, 3.8) is 0 Å². The maximum atomic E-state index is 9.04. The van der Waals surface area contributed by atoms with Crippen LogP contribution in [0.15, 0.2) is 18.3 Å². The Hall–Kier alpha value is -1.25. The molecular formula is C11H15NO2. The molecule has 1 aromatic rings. The molecule has 1 saturated carbocycles. The first-order chi connectivity index (χ1) is 6.84. The van der Waals surface area contributed by atoms with Gasteiger partial charge in [-0.15, -0.1) is 0 Å². The summed E-state index contributed by atoms with van der Waals surface area (Å²) >= 11 is 0. The van der Waals surface area contributed by atoms with E-state index in [1.807, 2.05) is 0 Å². The summed E-state index contributed by atoms with van der Waals surface area (Å²) < 4.78 is 5.69. The van der Waals surface area contributed by atoms with Gasteiger partial charge in [0.15, 0.2) is 0 Å². The highest BCUT2D eigenvalue weighted by molar-refractivity contribution is 5.21. The Morgan fingerprint density at radius 1 is 1.21 bits per heavy atom. The van der Waals surface area contributed by atoms with Gasteiger partial charge in [0.1, 0.15) is 11.9 Å². The number of aromatic nitrogens is 1. The summed E-state index contributed by atoms with van der Waals surface area (Å²) in [7, 11) is 0. The van der Waals surface area contributed by atoms with Crippen molar-refractivity contribution in [2.75, 3.05) is 0 Å². The van der Waals surface area contributed by atoms with Crippen LogP contribution >= 0.6 is 0 Å². The summed E-state index contributed by atoms with van der Waals surface area (Å²) in [5.74, 6) is 0.802. The lowest BCUT2D eigenvalue weighted by atomic mass is 9.98. The summed E-state index contributed by atoms with van der Waals surface area (Å²) in [4.78, 5) is 4.00. The van der Waals surface area contributed by atoms with Gasteiger partial charge in [0.05, 0.1) is 6.20 Å². The third-order valence-corrected chi connectivity index (χ3v) is 2.56. The van der Waals surface area contributed by atoms with Gasteiger partial charge >= 0.3 is 0 Å². The molecule has 0 atom stereocenters. The van der Waals surface area contributed by atoms with Crippen LogP contribution < -0.4 is 4.74 Å². The molecule has 1 aliphatic rings. The van der Waals surface area contributed by atoms with E-state index >= 15 is 0 Å². The predicted octanol–water partition coefficient (Wildman–Crippen LogP) is 2.50. The summed E-state index contributed by atoms with van der Waals surface area (Å²) in [6.45, 7) is 0. The number of hydrogen-bond acceptors (Lipinski definition) is 3. The Kier molecular flexibility index (Phi) is 2.87. The molecule has 2 rings (SSSR count). The van der Waals surface area contributed by atoms with Crippen molar-refractivity contribution >= 4 is 0 Å². The lowest BCUT2D eigenvalue weighted by Gasteiger charge is -2.22. The monoisotopic (exact) mass is 193 g/mol. The highest BCUT2D eigenvalue weighted by Crippen LogP contribution is 2.22. The predicted molar refractivity (Wildman–Crippen MR) is 53.4 cm³/mol. The molecular weight excluding hydrogens is 178 g/mol. The fourth-order valence-electron chi connectivity index (χ4n) is 1.80. The molecule has 1 aliphatic carbocycles. The van der Waals surface area contributed by atoms with Crippen LogP contribution in [-0.2, 0) is 0 Å². The third-order valence-electron chi connectivity index (χ3n) is 2.56. The van der Waals surface area contributed by atoms with Crippen LogP contribution in [0.25, 0.3) is 0 Å². The quantitative estimate of drug-likeness (QED) is 0.784. The van der Waals surface area contributed by atoms with Crippen molar-refractivity contribution in [2.24, 2.45) is 0 Å². The van der Waals surface area contributed by atoms with E-state index in [9.17, 15) is 0 Å². The van der Waals surface area contributed by atoms with Gasteiger partial charge in [0, 0.05) is 6.07 Å². The number of aromatic hydroxyl groups is 1. The van der Waals surface area contributed by atoms with Crippen molar-refractivity contribution in [1.29, 1.82) is 0 Å². The van der Waals surface area contributed by atoms with E-state index in [0.717, 1.165) is 12.8 Å². The standard InChI is InChI=1S/C11H15NO2/c13-9-6-7-11(12-8-9)14-10-4-2-1-3-5-10/h6-8,10,13H,1-5H2. The van der Waals surface area contributed by atoms with Gasteiger partial charge in [-0.3, -0.25) is 0 Å². The summed E-state index contributed by atoms with van der Waals surface area (Å²) in [5, 5.41) is 9.04. The Morgan fingerprint density at radius 3 is 2.64 bits per heavy atom. The normalized spacial score (nSPS) is 18.0. The molecule has 0 bridgehead atoms. The first kappa shape index (κ1) is 9.31. The lowest BCUT2D eigenvalue weighted by Crippen LogP contribution is -2.19. The van der Waals surface area contributed by atoms with Gasteiger partial charge in [0.2, 0.25) is 5.88 Å². The highest BCUT2D eigenvalue weighted by Gasteiger charge is 2.14. The second-order valence-corrected chi connectivity index (χ2v) is 3.73. The van der Waals surface area contributed by atoms with E-state index in [2.05, 4.69) is 4.98 Å². The molecule has 0 aliphatic heterocycles. The van der Waals surface area contributed by atoms with Crippen LogP contribution in [0.3, 0.4) is 0 Å². The zero-order chi connectivity index (χ0) is 9.80. The molecule has 1 heterocycles. The maximum absolute atomic E-state index is 9.04. The van der Waals surface area contributed by atoms with Crippen molar-refractivity contribution in [3.05, 3.63) is 18.3 Å². The van der Waals surface area contributed by atoms with Crippen LogP contribution in [0.5, 0.6) is 11.6 Å². The molecule has 1 aromatic heterocycles. The minimum atomic E-state index is 0.181. The second-order valence-electron chi connectivity index (χ2n) is 3.73. The van der Waals surface area contributed by atoms with Gasteiger partial charge in [0.25, 0.3) is 0 Å². The van der Waals surface area contributed by atoms with Gasteiger partial charge in [-0.1, -0.05) is 6.42 Å². The molecule has 76 valence electrons. The van der Waals surface area contributed by atoms with Crippen molar-refractivity contribution in [1.82, 2.24) is 4.98 Å². The first-order valence-corrected chi connectivity index (χ1v) is 5.16. The largest absolute Gasteiger partial charge is 0.506 e. The van der Waals surface area contributed by atoms with Crippen molar-refractivity contribution < 1.29 is 9.84 Å². The maximum Gasteiger partial charge on any atom is 0.213 e. The van der Waals surface area contributed by atoms with Crippen LogP contribution in [-0.4, -0.2) is 16.2 Å². The molecule has 0 aromatic carbocycles. The van der Waals surface area contributed by atoms with E-state index < -0.39 is 0 Å². The zero-order valence-corrected chi connectivity index (χ0v) is 8.15. The van der Waals surface area contributed by atoms with Crippen molar-refractivity contribution in [3.8, 4) is 11.6 Å². The van der Waals surface area contributed by atoms with Crippen LogP contribution in [0, 0.1) is 0 Å². The molecule has 3 heteroatoms. The summed E-state index contributed by atoms with van der Waals surface area (Å²) in [5.41, 5.74) is 0. The van der Waals surface area contributed by atoms with E-state index in [-0.39, 0.29) is 5.75 Å². The van der Waals surface area contributed by atoms with Crippen LogP contribution in [0.1, 0.15) is 32.1 Å². The van der Waals surface area contributed by atoms with E-state index in [1.54, 1.807) is 12.1 Å². The minimum absolute atomic E-state index is 0.181. The Morgan fingerprint density at radius 2 is 2.00 bits per heavy atom. The smallest absolute Gasteiger partial charge is 0.213 e. The van der Waals surface area contributed by atoms with Gasteiger partial charge in [-0.2, -0.15) is 0 Å². The highest BCUT2D eigenvalue weighted by atomic mass is 16.5. The minimum Gasteiger partial charge on any atom is -0.506 e. The molecule has 3 nitrogen and oxygen atoms in total. The number of hydrogen-bond donors (Lipinski definition) is 1. The number of pyridine rings is 1. The average molecular weight is 193 g/mol. The molecule has 0 amide bonds. The molecule has 0 spiro atoms. The van der Waals surface area contributed by atoms with Gasteiger partial charge < -0.3 is 9.84 Å². The number of nitrogens with zero attached hydrogens (tertiary/aromatic N) is 1. The zero-order valence-electron chi connectivity index (χ0n) is 8.15. The molecule has 0 radical (unpaired) electrons. The Bertz CT molecular complexity index is 278. The first-order valence-electron chi connectivity index (χ1n) is 5.16. The fourth-order valence-corrected chi connectivity index (χ4v) is 1.80. The average Bonchev–Trinajstić information content (AvgIpc) is 2.23. The van der Waals surface area contributed by atoms with E-state index in [1.165, 1.54) is 25.5 Å². The van der Waals surface area contributed by atoms with Gasteiger partial charge in [-0.25, -0.2) is 4.98 Å². The fraction of sp³-hybridized carbons (Fsp3) is 0.545. The summed E-state index contributed by atoms with van der Waals surface area (Å²) in [6.07, 6.45) is 7.82. The van der Waals surface area contributed by atoms with Crippen LogP contribution in [0.2, 0.25) is 0 Å². The van der Waals surface area contributed by atoms with Crippen LogP contribution in [0.4, 0.5) is 0 Å². The number of rotatable bonds is 2. The Balaban J connectivity index is 1.92. The van der Waals surface area contributed by atoms with E-state index in [0.29, 0.717) is 12.0 Å². The SMILES string of the molecule is Oc1ccc(OC2CCCCC2)nc1. The second kappa shape index (κ2) is 4.31. The molecule has 0 saturated heterocycles.